The van der Waals surface area contributed by atoms with Crippen LogP contribution in [0.5, 0.6) is 5.88 Å². The number of aromatic amines is 1. The molecule has 0 amide bonds. The molecule has 104 valence electrons. The van der Waals surface area contributed by atoms with E-state index in [1.807, 2.05) is 0 Å². The highest BCUT2D eigenvalue weighted by molar-refractivity contribution is 6.33. The van der Waals surface area contributed by atoms with E-state index in [1.54, 1.807) is 30.5 Å². The highest BCUT2D eigenvalue weighted by Gasteiger charge is 2.11. The molecule has 5 heteroatoms. The Hall–Kier alpha value is -2.30. The van der Waals surface area contributed by atoms with Gasteiger partial charge in [-0.15, -0.1) is 0 Å². The van der Waals surface area contributed by atoms with Gasteiger partial charge in [0.1, 0.15) is 7.85 Å². The molecule has 0 atom stereocenters. The van der Waals surface area contributed by atoms with Crippen LogP contribution in [0.2, 0.25) is 0 Å². The minimum absolute atomic E-state index is 0.136. The fourth-order valence-electron chi connectivity index (χ4n) is 2.39. The van der Waals surface area contributed by atoms with Gasteiger partial charge in [0, 0.05) is 17.0 Å². The van der Waals surface area contributed by atoms with Crippen molar-refractivity contribution in [2.45, 2.75) is 19.8 Å². The maximum Gasteiger partial charge on any atom is 0.256 e. The molecule has 0 aliphatic rings. The van der Waals surface area contributed by atoms with E-state index in [-0.39, 0.29) is 5.56 Å². The third-order valence-electron chi connectivity index (χ3n) is 3.46. The number of unbranched alkanes of at least 4 members (excludes halogenated alkanes) is 1. The molecule has 21 heavy (non-hydrogen) atoms. The standard InChI is InChI=1S/C16H15BN2O2/c1-2-3-8-21-16-14-12-9-10(17)4-5-11(12)15(20)19-13(14)6-7-18-16/h4-7,9H,2-3,8H2,1H3,(H,19,20). The zero-order chi connectivity index (χ0) is 14.8. The normalized spacial score (nSPS) is 11.1. The van der Waals surface area contributed by atoms with Gasteiger partial charge in [0.15, 0.2) is 0 Å². The molecule has 0 spiro atoms. The largest absolute Gasteiger partial charge is 0.477 e. The van der Waals surface area contributed by atoms with E-state index in [1.165, 1.54) is 0 Å². The number of fused-ring (bicyclic) bond motifs is 3. The van der Waals surface area contributed by atoms with Gasteiger partial charge in [-0.05, 0) is 18.6 Å². The lowest BCUT2D eigenvalue weighted by Gasteiger charge is -2.10. The highest BCUT2D eigenvalue weighted by Crippen LogP contribution is 2.27. The van der Waals surface area contributed by atoms with E-state index >= 15 is 0 Å². The number of aromatic nitrogens is 2. The van der Waals surface area contributed by atoms with Crippen LogP contribution in [0.4, 0.5) is 0 Å². The second-order valence-corrected chi connectivity index (χ2v) is 5.00. The van der Waals surface area contributed by atoms with Gasteiger partial charge in [-0.25, -0.2) is 4.98 Å². The quantitative estimate of drug-likeness (QED) is 0.451. The second-order valence-electron chi connectivity index (χ2n) is 5.00. The molecule has 0 unspecified atom stereocenters. The molecule has 4 nitrogen and oxygen atoms in total. The fraction of sp³-hybridized carbons (Fsp3) is 0.250. The van der Waals surface area contributed by atoms with Gasteiger partial charge >= 0.3 is 0 Å². The third kappa shape index (κ3) is 2.51. The Morgan fingerprint density at radius 2 is 2.14 bits per heavy atom. The van der Waals surface area contributed by atoms with Crippen LogP contribution in [0.1, 0.15) is 19.8 Å². The van der Waals surface area contributed by atoms with Crippen LogP contribution >= 0.6 is 0 Å². The number of hydrogen-bond donors (Lipinski definition) is 1. The first kappa shape index (κ1) is 13.7. The monoisotopic (exact) mass is 278 g/mol. The Morgan fingerprint density at radius 1 is 1.29 bits per heavy atom. The summed E-state index contributed by atoms with van der Waals surface area (Å²) in [6.45, 7) is 2.71. The Bertz CT molecular complexity index is 858. The van der Waals surface area contributed by atoms with Crippen molar-refractivity contribution < 1.29 is 4.74 Å². The molecule has 0 bridgehead atoms. The minimum atomic E-state index is -0.136. The van der Waals surface area contributed by atoms with E-state index in [9.17, 15) is 4.79 Å². The minimum Gasteiger partial charge on any atom is -0.477 e. The molecule has 0 fully saturated rings. The van der Waals surface area contributed by atoms with Crippen molar-refractivity contribution >= 4 is 35.0 Å². The van der Waals surface area contributed by atoms with E-state index in [2.05, 4.69) is 16.9 Å². The lowest BCUT2D eigenvalue weighted by Crippen LogP contribution is -2.10. The molecule has 3 aromatic rings. The van der Waals surface area contributed by atoms with Crippen LogP contribution in [0.25, 0.3) is 21.7 Å². The van der Waals surface area contributed by atoms with E-state index < -0.39 is 0 Å². The summed E-state index contributed by atoms with van der Waals surface area (Å²) < 4.78 is 5.77. The maximum absolute atomic E-state index is 12.1. The van der Waals surface area contributed by atoms with Crippen LogP contribution in [0.15, 0.2) is 35.3 Å². The lowest BCUT2D eigenvalue weighted by atomic mass is 9.93. The predicted molar refractivity (Wildman–Crippen MR) is 85.7 cm³/mol. The van der Waals surface area contributed by atoms with Crippen molar-refractivity contribution in [2.75, 3.05) is 6.61 Å². The molecule has 0 aliphatic carbocycles. The Labute approximate surface area is 123 Å². The van der Waals surface area contributed by atoms with Crippen LogP contribution in [-0.4, -0.2) is 24.4 Å². The van der Waals surface area contributed by atoms with Crippen molar-refractivity contribution in [1.82, 2.24) is 9.97 Å². The zero-order valence-corrected chi connectivity index (χ0v) is 11.8. The Kier molecular flexibility index (Phi) is 3.65. The third-order valence-corrected chi connectivity index (χ3v) is 3.46. The maximum atomic E-state index is 12.1. The molecule has 0 saturated carbocycles. The number of ether oxygens (including phenoxy) is 1. The summed E-state index contributed by atoms with van der Waals surface area (Å²) in [5.74, 6) is 0.535. The smallest absolute Gasteiger partial charge is 0.256 e. The average Bonchev–Trinajstić information content (AvgIpc) is 2.47. The molecular weight excluding hydrogens is 263 g/mol. The second kappa shape index (κ2) is 5.60. The molecule has 0 aliphatic heterocycles. The number of nitrogens with one attached hydrogen (secondary N) is 1. The SMILES string of the molecule is [B]c1ccc2c(=O)[nH]c3ccnc(OCCCC)c3c2c1. The first-order valence-corrected chi connectivity index (χ1v) is 7.03. The molecule has 1 aromatic carbocycles. The summed E-state index contributed by atoms with van der Waals surface area (Å²) in [7, 11) is 5.86. The molecule has 2 aromatic heterocycles. The van der Waals surface area contributed by atoms with E-state index in [4.69, 9.17) is 12.6 Å². The number of pyridine rings is 2. The van der Waals surface area contributed by atoms with Gasteiger partial charge in [0.05, 0.1) is 17.5 Å². The fourth-order valence-corrected chi connectivity index (χ4v) is 2.39. The summed E-state index contributed by atoms with van der Waals surface area (Å²) in [6.07, 6.45) is 3.65. The molecule has 1 N–H and O–H groups in total. The van der Waals surface area contributed by atoms with Gasteiger partial charge in [0.2, 0.25) is 5.88 Å². The molecule has 2 radical (unpaired) electrons. The lowest BCUT2D eigenvalue weighted by molar-refractivity contribution is 0.302. The summed E-state index contributed by atoms with van der Waals surface area (Å²) in [4.78, 5) is 19.3. The van der Waals surface area contributed by atoms with Crippen molar-refractivity contribution in [3.63, 3.8) is 0 Å². The highest BCUT2D eigenvalue weighted by atomic mass is 16.5. The van der Waals surface area contributed by atoms with Gasteiger partial charge in [-0.1, -0.05) is 30.9 Å². The number of hydrogen-bond acceptors (Lipinski definition) is 3. The Balaban J connectivity index is 2.29. The van der Waals surface area contributed by atoms with Gasteiger partial charge < -0.3 is 9.72 Å². The van der Waals surface area contributed by atoms with Crippen LogP contribution < -0.4 is 15.8 Å². The topological polar surface area (TPSA) is 55.0 Å². The number of nitrogens with zero attached hydrogens (tertiary/aromatic N) is 1. The Morgan fingerprint density at radius 3 is 2.95 bits per heavy atom. The summed E-state index contributed by atoms with van der Waals surface area (Å²) >= 11 is 0. The summed E-state index contributed by atoms with van der Waals surface area (Å²) in [5, 5.41) is 2.16. The molecular formula is C16H15BN2O2. The van der Waals surface area contributed by atoms with Crippen molar-refractivity contribution in [1.29, 1.82) is 0 Å². The van der Waals surface area contributed by atoms with Crippen LogP contribution in [0.3, 0.4) is 0 Å². The number of rotatable bonds is 4. The zero-order valence-electron chi connectivity index (χ0n) is 11.8. The first-order valence-electron chi connectivity index (χ1n) is 7.03. The van der Waals surface area contributed by atoms with Gasteiger partial charge in [-0.2, -0.15) is 0 Å². The van der Waals surface area contributed by atoms with Gasteiger partial charge in [-0.3, -0.25) is 4.79 Å². The summed E-state index contributed by atoms with van der Waals surface area (Å²) in [5.41, 5.74) is 1.18. The first-order chi connectivity index (χ1) is 10.2. The van der Waals surface area contributed by atoms with Crippen LogP contribution in [-0.2, 0) is 0 Å². The van der Waals surface area contributed by atoms with Crippen LogP contribution in [0, 0.1) is 0 Å². The van der Waals surface area contributed by atoms with E-state index in [0.717, 1.165) is 23.6 Å². The van der Waals surface area contributed by atoms with Gasteiger partial charge in [0.25, 0.3) is 5.56 Å². The number of H-pyrrole nitrogens is 1. The van der Waals surface area contributed by atoms with Crippen molar-refractivity contribution in [3.05, 3.63) is 40.8 Å². The molecule has 2 heterocycles. The number of benzene rings is 1. The van der Waals surface area contributed by atoms with Crippen molar-refractivity contribution in [3.8, 4) is 5.88 Å². The van der Waals surface area contributed by atoms with Crippen molar-refractivity contribution in [2.24, 2.45) is 0 Å². The molecule has 3 rings (SSSR count). The average molecular weight is 278 g/mol. The molecule has 0 saturated heterocycles. The van der Waals surface area contributed by atoms with E-state index in [0.29, 0.717) is 28.9 Å². The predicted octanol–water partition coefficient (Wildman–Crippen LogP) is 2.05. The summed E-state index contributed by atoms with van der Waals surface area (Å²) in [6, 6.07) is 7.01.